The first-order chi connectivity index (χ1) is 14.7. The number of ether oxygens (including phenoxy) is 1. The molecule has 3 N–H and O–H groups in total. The summed E-state index contributed by atoms with van der Waals surface area (Å²) in [5, 5.41) is 20.5. The predicted octanol–water partition coefficient (Wildman–Crippen LogP) is 3.39. The number of alkyl carbamates (subject to hydrolysis) is 1. The van der Waals surface area contributed by atoms with Gasteiger partial charge in [-0.25, -0.2) is 9.48 Å². The summed E-state index contributed by atoms with van der Waals surface area (Å²) >= 11 is 1.60. The van der Waals surface area contributed by atoms with Crippen LogP contribution in [0, 0.1) is 19.8 Å². The molecule has 0 radical (unpaired) electrons. The molecule has 0 saturated heterocycles. The summed E-state index contributed by atoms with van der Waals surface area (Å²) in [7, 11) is 0. The lowest BCUT2D eigenvalue weighted by Crippen LogP contribution is -2.53. The first-order valence-corrected chi connectivity index (χ1v) is 12.5. The number of carbonyl (C=O) groups excluding carboxylic acids is 2. The van der Waals surface area contributed by atoms with E-state index in [0.717, 1.165) is 24.2 Å². The van der Waals surface area contributed by atoms with Crippen LogP contribution >= 0.6 is 11.8 Å². The second-order valence-corrected chi connectivity index (χ2v) is 9.41. The number of hydrogen-bond acceptors (Lipinski definition) is 6. The molecule has 1 rings (SSSR count). The Morgan fingerprint density at radius 3 is 2.52 bits per heavy atom. The van der Waals surface area contributed by atoms with Crippen molar-refractivity contribution in [2.45, 2.75) is 91.6 Å². The molecule has 178 valence electrons. The van der Waals surface area contributed by atoms with Crippen LogP contribution in [-0.4, -0.2) is 57.1 Å². The zero-order valence-corrected chi connectivity index (χ0v) is 20.6. The van der Waals surface area contributed by atoms with Crippen LogP contribution in [0.25, 0.3) is 0 Å². The van der Waals surface area contributed by atoms with Crippen molar-refractivity contribution in [3.8, 4) is 0 Å². The highest BCUT2D eigenvalue weighted by atomic mass is 32.2. The first kappa shape index (κ1) is 27.3. The minimum atomic E-state index is -0.728. The van der Waals surface area contributed by atoms with Gasteiger partial charge < -0.3 is 20.5 Å². The Morgan fingerprint density at radius 1 is 1.26 bits per heavy atom. The molecule has 0 aromatic carbocycles. The monoisotopic (exact) mass is 456 g/mol. The number of hydrogen-bond donors (Lipinski definition) is 3. The highest BCUT2D eigenvalue weighted by Gasteiger charge is 2.27. The van der Waals surface area contributed by atoms with E-state index in [2.05, 4.69) is 36.5 Å². The van der Waals surface area contributed by atoms with E-state index in [1.54, 1.807) is 16.4 Å². The van der Waals surface area contributed by atoms with Crippen LogP contribution in [0.5, 0.6) is 0 Å². The van der Waals surface area contributed by atoms with Crippen LogP contribution in [0.1, 0.15) is 64.3 Å². The number of rotatable bonds is 14. The van der Waals surface area contributed by atoms with Crippen LogP contribution in [0.15, 0.2) is 6.07 Å². The lowest BCUT2D eigenvalue weighted by Gasteiger charge is -2.28. The SMILES string of the molecule is CCCC[C@H](O)[C@H](CC(C)C)NC(=O)[C@H](CCSC)NC(=O)OCn1nc(C)cc1C. The molecule has 0 fully saturated rings. The van der Waals surface area contributed by atoms with Gasteiger partial charge in [-0.05, 0) is 57.1 Å². The normalized spacial score (nSPS) is 14.2. The minimum Gasteiger partial charge on any atom is -0.426 e. The van der Waals surface area contributed by atoms with Crippen molar-refractivity contribution >= 4 is 23.8 Å². The maximum Gasteiger partial charge on any atom is 0.409 e. The molecule has 31 heavy (non-hydrogen) atoms. The summed E-state index contributed by atoms with van der Waals surface area (Å²) in [6.07, 6.45) is 4.35. The molecule has 2 amide bonds. The summed E-state index contributed by atoms with van der Waals surface area (Å²) in [5.74, 6) is 0.742. The van der Waals surface area contributed by atoms with Crippen molar-refractivity contribution in [2.75, 3.05) is 12.0 Å². The summed E-state index contributed by atoms with van der Waals surface area (Å²) in [6, 6.07) is 0.825. The Morgan fingerprint density at radius 2 is 1.97 bits per heavy atom. The average molecular weight is 457 g/mol. The summed E-state index contributed by atoms with van der Waals surface area (Å²) in [5.41, 5.74) is 1.73. The van der Waals surface area contributed by atoms with E-state index < -0.39 is 18.2 Å². The molecule has 1 aromatic rings. The number of thioether (sulfide) groups is 1. The number of aliphatic hydroxyl groups is 1. The van der Waals surface area contributed by atoms with Gasteiger partial charge in [0.15, 0.2) is 6.73 Å². The maximum atomic E-state index is 13.0. The minimum absolute atomic E-state index is 0.0198. The molecule has 3 atom stereocenters. The number of aryl methyl sites for hydroxylation is 2. The molecule has 0 spiro atoms. The van der Waals surface area contributed by atoms with Crippen molar-refractivity contribution in [1.82, 2.24) is 20.4 Å². The van der Waals surface area contributed by atoms with Gasteiger partial charge in [0.05, 0.1) is 17.8 Å². The van der Waals surface area contributed by atoms with Gasteiger partial charge in [-0.3, -0.25) is 4.79 Å². The van der Waals surface area contributed by atoms with E-state index >= 15 is 0 Å². The average Bonchev–Trinajstić information content (AvgIpc) is 3.03. The molecule has 0 aliphatic heterocycles. The number of amides is 2. The molecule has 0 aliphatic rings. The third-order valence-corrected chi connectivity index (χ3v) is 5.66. The number of nitrogens with zero attached hydrogens (tertiary/aromatic N) is 2. The molecule has 1 heterocycles. The molecule has 8 nitrogen and oxygen atoms in total. The largest absolute Gasteiger partial charge is 0.426 e. The Kier molecular flexibility index (Phi) is 12.6. The van der Waals surface area contributed by atoms with Crippen molar-refractivity contribution in [3.63, 3.8) is 0 Å². The van der Waals surface area contributed by atoms with E-state index in [4.69, 9.17) is 4.74 Å². The Bertz CT molecular complexity index is 680. The Hall–Kier alpha value is -1.74. The standard InChI is InChI=1S/C22H40N4O4S/c1-7-8-9-20(27)19(12-15(2)3)23-21(28)18(10-11-31-6)24-22(29)30-14-26-17(5)13-16(4)25-26/h13,15,18-20,27H,7-12,14H2,1-6H3,(H,23,28)(H,24,29)/t18-,19-,20-/m0/s1. The summed E-state index contributed by atoms with van der Waals surface area (Å²) < 4.78 is 6.86. The lowest BCUT2D eigenvalue weighted by atomic mass is 9.95. The fourth-order valence-electron chi connectivity index (χ4n) is 3.33. The van der Waals surface area contributed by atoms with Crippen LogP contribution in [0.2, 0.25) is 0 Å². The molecule has 0 saturated carbocycles. The number of carbonyl (C=O) groups is 2. The smallest absolute Gasteiger partial charge is 0.409 e. The first-order valence-electron chi connectivity index (χ1n) is 11.1. The highest BCUT2D eigenvalue weighted by Crippen LogP contribution is 2.14. The van der Waals surface area contributed by atoms with Gasteiger partial charge in [0, 0.05) is 5.69 Å². The van der Waals surface area contributed by atoms with Crippen molar-refractivity contribution < 1.29 is 19.4 Å². The maximum absolute atomic E-state index is 13.0. The van der Waals surface area contributed by atoms with E-state index in [9.17, 15) is 14.7 Å². The Balaban J connectivity index is 2.74. The molecule has 0 unspecified atom stereocenters. The number of nitrogens with one attached hydrogen (secondary N) is 2. The highest BCUT2D eigenvalue weighted by molar-refractivity contribution is 7.98. The molecule has 0 bridgehead atoms. The predicted molar refractivity (Wildman–Crippen MR) is 125 cm³/mol. The van der Waals surface area contributed by atoms with E-state index in [0.29, 0.717) is 30.9 Å². The van der Waals surface area contributed by atoms with Gasteiger partial charge in [0.2, 0.25) is 5.91 Å². The fourth-order valence-corrected chi connectivity index (χ4v) is 3.80. The Labute approximate surface area is 190 Å². The number of aliphatic hydroxyl groups excluding tert-OH is 1. The topological polar surface area (TPSA) is 105 Å². The molecule has 1 aromatic heterocycles. The molecule has 9 heteroatoms. The molecule has 0 aliphatic carbocycles. The number of unbranched alkanes of at least 4 members (excludes halogenated alkanes) is 1. The van der Waals surface area contributed by atoms with Crippen LogP contribution < -0.4 is 10.6 Å². The zero-order valence-electron chi connectivity index (χ0n) is 19.8. The van der Waals surface area contributed by atoms with Crippen LogP contribution in [0.4, 0.5) is 4.79 Å². The van der Waals surface area contributed by atoms with Gasteiger partial charge in [0.25, 0.3) is 0 Å². The zero-order chi connectivity index (χ0) is 23.4. The third kappa shape index (κ3) is 10.4. The second-order valence-electron chi connectivity index (χ2n) is 8.42. The van der Waals surface area contributed by atoms with E-state index in [-0.39, 0.29) is 18.7 Å². The van der Waals surface area contributed by atoms with E-state index in [1.165, 1.54) is 0 Å². The quantitative estimate of drug-likeness (QED) is 0.396. The lowest BCUT2D eigenvalue weighted by molar-refractivity contribution is -0.125. The van der Waals surface area contributed by atoms with Gasteiger partial charge in [-0.2, -0.15) is 16.9 Å². The fraction of sp³-hybridized carbons (Fsp3) is 0.773. The number of aromatic nitrogens is 2. The summed E-state index contributed by atoms with van der Waals surface area (Å²) in [6.45, 7) is 9.93. The van der Waals surface area contributed by atoms with Gasteiger partial charge in [-0.15, -0.1) is 0 Å². The van der Waals surface area contributed by atoms with Crippen molar-refractivity contribution in [2.24, 2.45) is 5.92 Å². The van der Waals surface area contributed by atoms with Crippen LogP contribution in [0.3, 0.4) is 0 Å². The van der Waals surface area contributed by atoms with Gasteiger partial charge in [-0.1, -0.05) is 33.6 Å². The third-order valence-electron chi connectivity index (χ3n) is 5.01. The van der Waals surface area contributed by atoms with Crippen molar-refractivity contribution in [3.05, 3.63) is 17.5 Å². The van der Waals surface area contributed by atoms with E-state index in [1.807, 2.05) is 26.2 Å². The van der Waals surface area contributed by atoms with Crippen molar-refractivity contribution in [1.29, 1.82) is 0 Å². The molecular formula is C22H40N4O4S. The van der Waals surface area contributed by atoms with Crippen LogP contribution in [-0.2, 0) is 16.3 Å². The van der Waals surface area contributed by atoms with Gasteiger partial charge >= 0.3 is 6.09 Å². The second kappa shape index (κ2) is 14.3. The summed E-state index contributed by atoms with van der Waals surface area (Å²) in [4.78, 5) is 25.3. The van der Waals surface area contributed by atoms with Gasteiger partial charge in [0.1, 0.15) is 6.04 Å². The molecular weight excluding hydrogens is 416 g/mol.